The topological polar surface area (TPSA) is 3.24 Å². The maximum Gasteiger partial charge on any atom is 0.0554 e. The Morgan fingerprint density at radius 3 is 1.75 bits per heavy atom. The number of fused-ring (bicyclic) bond motifs is 9. The molecule has 11 aromatic rings. The van der Waals surface area contributed by atoms with Crippen molar-refractivity contribution in [3.05, 3.63) is 176 Å². The van der Waals surface area contributed by atoms with Gasteiger partial charge >= 0.3 is 0 Å². The van der Waals surface area contributed by atoms with Gasteiger partial charge in [-0.25, -0.2) is 0 Å². The second kappa shape index (κ2) is 11.9. The normalized spacial score (nSPS) is 11.8. The Labute approximate surface area is 312 Å². The fourth-order valence-electron chi connectivity index (χ4n) is 7.87. The molecule has 52 heavy (non-hydrogen) atoms. The zero-order valence-corrected chi connectivity index (χ0v) is 30.4. The minimum atomic E-state index is 1.13. The number of rotatable bonds is 5. The average Bonchev–Trinajstić information content (AvgIpc) is 3.90. The fraction of sp³-hybridized carbons (Fsp3) is 0. The van der Waals surface area contributed by atoms with E-state index in [1.165, 1.54) is 88.5 Å². The van der Waals surface area contributed by atoms with Crippen LogP contribution in [0.25, 0.3) is 82.8 Å². The molecule has 0 aliphatic rings. The Hall–Kier alpha value is -5.78. The summed E-state index contributed by atoms with van der Waals surface area (Å²) in [6, 6.07) is 64.9. The lowest BCUT2D eigenvalue weighted by molar-refractivity contribution is 1.30. The summed E-state index contributed by atoms with van der Waals surface area (Å²) >= 11 is 5.61. The van der Waals surface area contributed by atoms with Crippen LogP contribution in [-0.2, 0) is 0 Å². The van der Waals surface area contributed by atoms with E-state index >= 15 is 0 Å². The molecular formula is C48H29NS3. The molecule has 3 aromatic heterocycles. The van der Waals surface area contributed by atoms with Crippen molar-refractivity contribution < 1.29 is 0 Å². The maximum absolute atomic E-state index is 2.45. The van der Waals surface area contributed by atoms with Gasteiger partial charge in [0.2, 0.25) is 0 Å². The molecule has 0 aliphatic carbocycles. The fourth-order valence-corrected chi connectivity index (χ4v) is 11.3. The summed E-state index contributed by atoms with van der Waals surface area (Å²) in [5.41, 5.74) is 8.39. The Morgan fingerprint density at radius 2 is 0.923 bits per heavy atom. The first-order chi connectivity index (χ1) is 25.8. The summed E-state index contributed by atoms with van der Waals surface area (Å²) in [5, 5.41) is 7.88. The number of hydrogen-bond acceptors (Lipinski definition) is 4. The van der Waals surface area contributed by atoms with Crippen molar-refractivity contribution in [1.29, 1.82) is 0 Å². The van der Waals surface area contributed by atoms with Crippen LogP contribution in [0.5, 0.6) is 0 Å². The van der Waals surface area contributed by atoms with E-state index in [2.05, 4.69) is 181 Å². The molecule has 3 heterocycles. The van der Waals surface area contributed by atoms with E-state index < -0.39 is 0 Å². The van der Waals surface area contributed by atoms with Crippen molar-refractivity contribution in [3.63, 3.8) is 0 Å². The third-order valence-corrected chi connectivity index (χ3v) is 13.8. The maximum atomic E-state index is 2.45. The zero-order valence-electron chi connectivity index (χ0n) is 27.9. The van der Waals surface area contributed by atoms with Gasteiger partial charge in [-0.1, -0.05) is 109 Å². The predicted molar refractivity (Wildman–Crippen MR) is 231 cm³/mol. The molecule has 0 radical (unpaired) electrons. The lowest BCUT2D eigenvalue weighted by atomic mass is 10.0. The third kappa shape index (κ3) is 4.72. The Morgan fingerprint density at radius 1 is 0.327 bits per heavy atom. The third-order valence-electron chi connectivity index (χ3n) is 10.3. The van der Waals surface area contributed by atoms with Gasteiger partial charge in [-0.2, -0.15) is 0 Å². The van der Waals surface area contributed by atoms with Crippen LogP contribution in [-0.4, -0.2) is 0 Å². The standard InChI is InChI=1S/C48H29NS3/c1-5-19-43-36(12-1)38-16-8-15-35(48(38)52-43)32-10-7-11-34(28-32)49(41-17-9-21-46-47(41)39-14-3-6-20-44(39)51-46)33-25-22-30(23-26-33)31-24-27-45-40(29-31)37-13-2-4-18-42(37)50-45/h1-29H. The second-order valence-corrected chi connectivity index (χ2v) is 16.5. The Kier molecular flexibility index (Phi) is 6.84. The lowest BCUT2D eigenvalue weighted by Gasteiger charge is -2.27. The van der Waals surface area contributed by atoms with Gasteiger partial charge in [0.15, 0.2) is 0 Å². The van der Waals surface area contributed by atoms with Crippen LogP contribution < -0.4 is 4.90 Å². The highest BCUT2D eigenvalue weighted by Gasteiger charge is 2.20. The monoisotopic (exact) mass is 715 g/mol. The molecule has 0 spiro atoms. The van der Waals surface area contributed by atoms with Crippen LogP contribution in [0.15, 0.2) is 176 Å². The van der Waals surface area contributed by atoms with Gasteiger partial charge in [0, 0.05) is 71.9 Å². The van der Waals surface area contributed by atoms with Gasteiger partial charge in [-0.3, -0.25) is 0 Å². The Bertz CT molecular complexity index is 3140. The first kappa shape index (κ1) is 29.9. The molecule has 244 valence electrons. The highest BCUT2D eigenvalue weighted by molar-refractivity contribution is 7.26. The number of thiophene rings is 3. The molecule has 8 aromatic carbocycles. The van der Waals surface area contributed by atoms with E-state index in [1.54, 1.807) is 0 Å². The van der Waals surface area contributed by atoms with Crippen molar-refractivity contribution in [3.8, 4) is 22.3 Å². The zero-order chi connectivity index (χ0) is 34.2. The van der Waals surface area contributed by atoms with Crippen LogP contribution in [0.4, 0.5) is 17.1 Å². The van der Waals surface area contributed by atoms with E-state index in [4.69, 9.17) is 0 Å². The first-order valence-electron chi connectivity index (χ1n) is 17.5. The van der Waals surface area contributed by atoms with Crippen LogP contribution in [0.3, 0.4) is 0 Å². The van der Waals surface area contributed by atoms with E-state index in [-0.39, 0.29) is 0 Å². The molecule has 0 unspecified atom stereocenters. The number of nitrogens with zero attached hydrogens (tertiary/aromatic N) is 1. The molecule has 0 fully saturated rings. The van der Waals surface area contributed by atoms with Crippen LogP contribution >= 0.6 is 34.0 Å². The van der Waals surface area contributed by atoms with E-state index in [1.807, 2.05) is 34.0 Å². The lowest BCUT2D eigenvalue weighted by Crippen LogP contribution is -2.10. The summed E-state index contributed by atoms with van der Waals surface area (Å²) < 4.78 is 7.92. The molecule has 0 amide bonds. The smallest absolute Gasteiger partial charge is 0.0554 e. The highest BCUT2D eigenvalue weighted by Crippen LogP contribution is 2.47. The molecule has 4 heteroatoms. The van der Waals surface area contributed by atoms with Crippen molar-refractivity contribution in [2.24, 2.45) is 0 Å². The van der Waals surface area contributed by atoms with Crippen molar-refractivity contribution in [1.82, 2.24) is 0 Å². The minimum absolute atomic E-state index is 1.13. The van der Waals surface area contributed by atoms with Crippen LogP contribution in [0.2, 0.25) is 0 Å². The number of hydrogen-bond donors (Lipinski definition) is 0. The summed E-state index contributed by atoms with van der Waals surface area (Å²) in [4.78, 5) is 2.45. The molecule has 0 N–H and O–H groups in total. The highest BCUT2D eigenvalue weighted by atomic mass is 32.1. The summed E-state index contributed by atoms with van der Waals surface area (Å²) in [5.74, 6) is 0. The van der Waals surface area contributed by atoms with Gasteiger partial charge in [-0.15, -0.1) is 34.0 Å². The quantitative estimate of drug-likeness (QED) is 0.171. The van der Waals surface area contributed by atoms with Gasteiger partial charge in [0.05, 0.1) is 5.69 Å². The first-order valence-corrected chi connectivity index (χ1v) is 19.9. The molecule has 0 bridgehead atoms. The van der Waals surface area contributed by atoms with Gasteiger partial charge in [-0.05, 0) is 89.0 Å². The molecule has 0 aliphatic heterocycles. The number of anilines is 3. The SMILES string of the molecule is c1cc(-c2cccc3c2sc2ccccc23)cc(N(c2ccc(-c3ccc4sc5ccccc5c4c3)cc2)c2cccc3sc4ccccc4c23)c1. The molecule has 0 saturated carbocycles. The van der Waals surface area contributed by atoms with E-state index in [9.17, 15) is 0 Å². The summed E-state index contributed by atoms with van der Waals surface area (Å²) in [6.07, 6.45) is 0. The summed E-state index contributed by atoms with van der Waals surface area (Å²) in [6.45, 7) is 0. The van der Waals surface area contributed by atoms with Gasteiger partial charge < -0.3 is 4.90 Å². The average molecular weight is 716 g/mol. The van der Waals surface area contributed by atoms with Gasteiger partial charge in [0.1, 0.15) is 0 Å². The van der Waals surface area contributed by atoms with E-state index in [0.29, 0.717) is 0 Å². The molecule has 1 nitrogen and oxygen atoms in total. The van der Waals surface area contributed by atoms with Crippen molar-refractivity contribution >= 4 is 112 Å². The second-order valence-electron chi connectivity index (χ2n) is 13.3. The largest absolute Gasteiger partial charge is 0.310 e. The molecular weight excluding hydrogens is 687 g/mol. The van der Waals surface area contributed by atoms with Crippen molar-refractivity contribution in [2.45, 2.75) is 0 Å². The van der Waals surface area contributed by atoms with E-state index in [0.717, 1.165) is 11.4 Å². The molecule has 11 rings (SSSR count). The van der Waals surface area contributed by atoms with Crippen molar-refractivity contribution in [2.75, 3.05) is 4.90 Å². The van der Waals surface area contributed by atoms with Gasteiger partial charge in [0.25, 0.3) is 0 Å². The van der Waals surface area contributed by atoms with Crippen LogP contribution in [0, 0.1) is 0 Å². The summed E-state index contributed by atoms with van der Waals surface area (Å²) in [7, 11) is 0. The molecule has 0 atom stereocenters. The minimum Gasteiger partial charge on any atom is -0.310 e. The Balaban J connectivity index is 1.09. The van der Waals surface area contributed by atoms with Crippen LogP contribution in [0.1, 0.15) is 0 Å². The predicted octanol–water partition coefficient (Wildman–Crippen LogP) is 15.6. The molecule has 0 saturated heterocycles. The number of benzene rings is 8.